The van der Waals surface area contributed by atoms with E-state index in [1.807, 2.05) is 0 Å². The molecular weight excluding hydrogens is 190 g/mol. The third-order valence-corrected chi connectivity index (χ3v) is 3.22. The number of carbonyl (C=O) groups is 1. The Morgan fingerprint density at radius 3 is 2.53 bits per heavy atom. The average Bonchev–Trinajstić information content (AvgIpc) is 2.21. The predicted molar refractivity (Wildman–Crippen MR) is 61.2 cm³/mol. The molecule has 1 unspecified atom stereocenters. The third-order valence-electron chi connectivity index (χ3n) is 3.22. The summed E-state index contributed by atoms with van der Waals surface area (Å²) in [4.78, 5) is 13.1. The maximum atomic E-state index is 10.8. The molecule has 1 amide bonds. The molecular formula is C11H23N3O. The van der Waals surface area contributed by atoms with Gasteiger partial charge in [-0.1, -0.05) is 19.8 Å². The van der Waals surface area contributed by atoms with Crippen LogP contribution in [-0.4, -0.2) is 36.5 Å². The summed E-state index contributed by atoms with van der Waals surface area (Å²) >= 11 is 0. The number of carbonyl (C=O) groups excluding carboxylic acids is 1. The van der Waals surface area contributed by atoms with E-state index in [-0.39, 0.29) is 0 Å². The van der Waals surface area contributed by atoms with E-state index in [0.717, 1.165) is 19.0 Å². The summed E-state index contributed by atoms with van der Waals surface area (Å²) in [7, 11) is 0. The van der Waals surface area contributed by atoms with Crippen LogP contribution in [0.25, 0.3) is 0 Å². The molecule has 0 saturated carbocycles. The van der Waals surface area contributed by atoms with Crippen molar-refractivity contribution in [2.45, 2.75) is 38.6 Å². The van der Waals surface area contributed by atoms with E-state index >= 15 is 0 Å². The highest BCUT2D eigenvalue weighted by Crippen LogP contribution is 2.21. The molecule has 1 heterocycles. The topological polar surface area (TPSA) is 72.3 Å². The fourth-order valence-electron chi connectivity index (χ4n) is 2.23. The van der Waals surface area contributed by atoms with Gasteiger partial charge in [0.1, 0.15) is 0 Å². The smallest absolute Gasteiger partial charge is 0.235 e. The zero-order chi connectivity index (χ0) is 11.3. The Labute approximate surface area is 92.0 Å². The highest BCUT2D eigenvalue weighted by molar-refractivity contribution is 5.79. The summed E-state index contributed by atoms with van der Waals surface area (Å²) in [5.74, 6) is 0.474. The molecule has 0 aliphatic carbocycles. The van der Waals surface area contributed by atoms with Crippen LogP contribution in [0.4, 0.5) is 0 Å². The van der Waals surface area contributed by atoms with Crippen molar-refractivity contribution in [2.75, 3.05) is 19.6 Å². The van der Waals surface area contributed by atoms with Crippen molar-refractivity contribution in [2.24, 2.45) is 17.4 Å². The average molecular weight is 213 g/mol. The minimum Gasteiger partial charge on any atom is -0.368 e. The van der Waals surface area contributed by atoms with Crippen molar-refractivity contribution in [3.8, 4) is 0 Å². The first kappa shape index (κ1) is 12.5. The molecule has 0 radical (unpaired) electrons. The van der Waals surface area contributed by atoms with Gasteiger partial charge in [-0.15, -0.1) is 0 Å². The van der Waals surface area contributed by atoms with E-state index in [4.69, 9.17) is 11.5 Å². The number of amides is 1. The molecule has 15 heavy (non-hydrogen) atoms. The second-order valence-corrected chi connectivity index (χ2v) is 4.54. The Morgan fingerprint density at radius 1 is 1.47 bits per heavy atom. The van der Waals surface area contributed by atoms with Crippen LogP contribution in [0.5, 0.6) is 0 Å². The molecule has 0 bridgehead atoms. The molecule has 1 fully saturated rings. The van der Waals surface area contributed by atoms with E-state index in [0.29, 0.717) is 6.54 Å². The number of hydrogen-bond acceptors (Lipinski definition) is 3. The second-order valence-electron chi connectivity index (χ2n) is 4.54. The van der Waals surface area contributed by atoms with Gasteiger partial charge in [0, 0.05) is 6.54 Å². The highest BCUT2D eigenvalue weighted by atomic mass is 16.1. The lowest BCUT2D eigenvalue weighted by molar-refractivity contribution is -0.119. The zero-order valence-electron chi connectivity index (χ0n) is 9.61. The second kappa shape index (κ2) is 6.08. The first-order chi connectivity index (χ1) is 7.13. The van der Waals surface area contributed by atoms with Gasteiger partial charge in [0.25, 0.3) is 0 Å². The third kappa shape index (κ3) is 4.18. The lowest BCUT2D eigenvalue weighted by Gasteiger charge is -2.32. The minimum absolute atomic E-state index is 0.398. The highest BCUT2D eigenvalue weighted by Gasteiger charge is 2.21. The monoisotopic (exact) mass is 213 g/mol. The molecule has 0 spiro atoms. The summed E-state index contributed by atoms with van der Waals surface area (Å²) in [5, 5.41) is 0. The maximum absolute atomic E-state index is 10.8. The molecule has 0 aromatic rings. The number of primary amides is 1. The van der Waals surface area contributed by atoms with E-state index in [1.54, 1.807) is 0 Å². The molecule has 4 heteroatoms. The van der Waals surface area contributed by atoms with Crippen LogP contribution in [0, 0.1) is 5.92 Å². The normalized spacial score (nSPS) is 21.5. The minimum atomic E-state index is -0.507. The van der Waals surface area contributed by atoms with Crippen LogP contribution in [0.15, 0.2) is 0 Å². The number of nitrogens with two attached hydrogens (primary N) is 2. The van der Waals surface area contributed by atoms with Crippen LogP contribution in [0.3, 0.4) is 0 Å². The van der Waals surface area contributed by atoms with Gasteiger partial charge < -0.3 is 16.4 Å². The van der Waals surface area contributed by atoms with Crippen molar-refractivity contribution in [3.05, 3.63) is 0 Å². The summed E-state index contributed by atoms with van der Waals surface area (Å²) in [6.45, 7) is 4.97. The van der Waals surface area contributed by atoms with Crippen LogP contribution >= 0.6 is 0 Å². The molecule has 1 aliphatic heterocycles. The Hall–Kier alpha value is -0.610. The van der Waals surface area contributed by atoms with Gasteiger partial charge in [-0.05, 0) is 31.8 Å². The lowest BCUT2D eigenvalue weighted by atomic mass is 9.92. The van der Waals surface area contributed by atoms with E-state index in [2.05, 4.69) is 11.8 Å². The van der Waals surface area contributed by atoms with Crippen molar-refractivity contribution >= 4 is 5.91 Å². The quantitative estimate of drug-likeness (QED) is 0.690. The van der Waals surface area contributed by atoms with Crippen molar-refractivity contribution in [1.29, 1.82) is 0 Å². The van der Waals surface area contributed by atoms with Crippen LogP contribution in [0.1, 0.15) is 32.6 Å². The van der Waals surface area contributed by atoms with Gasteiger partial charge >= 0.3 is 0 Å². The van der Waals surface area contributed by atoms with E-state index < -0.39 is 11.9 Å². The molecule has 1 rings (SSSR count). The molecule has 4 N–H and O–H groups in total. The number of hydrogen-bond donors (Lipinski definition) is 2. The standard InChI is InChI=1S/C11H23N3O/c1-2-3-9-4-6-14(7-5-9)8-10(12)11(13)15/h9-10H,2-8,12H2,1H3,(H2,13,15). The van der Waals surface area contributed by atoms with Crippen LogP contribution in [-0.2, 0) is 4.79 Å². The molecule has 88 valence electrons. The number of rotatable bonds is 5. The van der Waals surface area contributed by atoms with Crippen molar-refractivity contribution in [1.82, 2.24) is 4.90 Å². The van der Waals surface area contributed by atoms with E-state index in [1.165, 1.54) is 25.7 Å². The van der Waals surface area contributed by atoms with Gasteiger partial charge in [-0.2, -0.15) is 0 Å². The van der Waals surface area contributed by atoms with Gasteiger partial charge in [-0.3, -0.25) is 4.79 Å². The Bertz CT molecular complexity index is 200. The van der Waals surface area contributed by atoms with Gasteiger partial charge in [0.2, 0.25) is 5.91 Å². The molecule has 1 atom stereocenters. The Kier molecular flexibility index (Phi) is 5.05. The summed E-state index contributed by atoms with van der Waals surface area (Å²) in [6, 6.07) is -0.507. The van der Waals surface area contributed by atoms with E-state index in [9.17, 15) is 4.79 Å². The van der Waals surface area contributed by atoms with Gasteiger partial charge in [0.15, 0.2) is 0 Å². The molecule has 4 nitrogen and oxygen atoms in total. The lowest BCUT2D eigenvalue weighted by Crippen LogP contribution is -2.48. The Balaban J connectivity index is 2.22. The largest absolute Gasteiger partial charge is 0.368 e. The molecule has 0 aromatic carbocycles. The van der Waals surface area contributed by atoms with Crippen molar-refractivity contribution in [3.63, 3.8) is 0 Å². The van der Waals surface area contributed by atoms with Gasteiger partial charge in [-0.25, -0.2) is 0 Å². The molecule has 0 aromatic heterocycles. The first-order valence-corrected chi connectivity index (χ1v) is 5.90. The Morgan fingerprint density at radius 2 is 2.07 bits per heavy atom. The molecule has 1 saturated heterocycles. The predicted octanol–water partition coefficient (Wildman–Crippen LogP) is 0.311. The summed E-state index contributed by atoms with van der Waals surface area (Å²) in [5.41, 5.74) is 10.8. The zero-order valence-corrected chi connectivity index (χ0v) is 9.61. The van der Waals surface area contributed by atoms with Crippen LogP contribution in [0.2, 0.25) is 0 Å². The van der Waals surface area contributed by atoms with Crippen molar-refractivity contribution < 1.29 is 4.79 Å². The number of nitrogens with zero attached hydrogens (tertiary/aromatic N) is 1. The summed E-state index contributed by atoms with van der Waals surface area (Å²) < 4.78 is 0. The summed E-state index contributed by atoms with van der Waals surface area (Å²) in [6.07, 6.45) is 5.07. The van der Waals surface area contributed by atoms with Crippen LogP contribution < -0.4 is 11.5 Å². The first-order valence-electron chi connectivity index (χ1n) is 5.90. The SMILES string of the molecule is CCCC1CCN(CC(N)C(N)=O)CC1. The fraction of sp³-hybridized carbons (Fsp3) is 0.909. The number of piperidine rings is 1. The fourth-order valence-corrected chi connectivity index (χ4v) is 2.23. The molecule has 1 aliphatic rings. The van der Waals surface area contributed by atoms with Gasteiger partial charge in [0.05, 0.1) is 6.04 Å². The maximum Gasteiger partial charge on any atom is 0.235 e. The number of likely N-dealkylation sites (tertiary alicyclic amines) is 1.